The lowest BCUT2D eigenvalue weighted by atomic mass is 10.1. The van der Waals surface area contributed by atoms with Gasteiger partial charge in [0.15, 0.2) is 0 Å². The molecule has 1 aromatic rings. The van der Waals surface area contributed by atoms with E-state index >= 15 is 0 Å². The third kappa shape index (κ3) is 0.847. The number of anilines is 1. The first-order chi connectivity index (χ1) is 5.72. The number of nitrogens with zero attached hydrogens (tertiary/aromatic N) is 1. The molecule has 2 heteroatoms. The Morgan fingerprint density at radius 3 is 2.67 bits per heavy atom. The summed E-state index contributed by atoms with van der Waals surface area (Å²) in [4.78, 5) is 2.24. The van der Waals surface area contributed by atoms with Gasteiger partial charge in [0, 0.05) is 18.8 Å². The summed E-state index contributed by atoms with van der Waals surface area (Å²) < 4.78 is 0. The van der Waals surface area contributed by atoms with Gasteiger partial charge in [0.25, 0.3) is 0 Å². The molecule has 2 N–H and O–H groups in total. The fourth-order valence-electron chi connectivity index (χ4n) is 1.81. The number of nitrogens with two attached hydrogens (primary N) is 1. The number of rotatable bonds is 0. The van der Waals surface area contributed by atoms with Crippen LogP contribution in [0, 0.1) is 0 Å². The van der Waals surface area contributed by atoms with Crippen LogP contribution in [-0.2, 0) is 0 Å². The minimum atomic E-state index is 0.172. The highest BCUT2D eigenvalue weighted by Crippen LogP contribution is 2.36. The van der Waals surface area contributed by atoms with Gasteiger partial charge < -0.3 is 10.6 Å². The molecule has 1 aliphatic heterocycles. The first-order valence-electron chi connectivity index (χ1n) is 4.29. The zero-order valence-corrected chi connectivity index (χ0v) is 7.49. The number of hydrogen-bond donors (Lipinski definition) is 1. The highest BCUT2D eigenvalue weighted by molar-refractivity contribution is 5.60. The van der Waals surface area contributed by atoms with Crippen molar-refractivity contribution in [3.8, 4) is 0 Å². The van der Waals surface area contributed by atoms with Gasteiger partial charge in [-0.05, 0) is 18.6 Å². The van der Waals surface area contributed by atoms with Crippen molar-refractivity contribution in [2.75, 3.05) is 11.9 Å². The van der Waals surface area contributed by atoms with Crippen LogP contribution in [0.25, 0.3) is 0 Å². The molecular formula is C10H14N2. The zero-order valence-electron chi connectivity index (χ0n) is 7.49. The van der Waals surface area contributed by atoms with E-state index in [9.17, 15) is 0 Å². The van der Waals surface area contributed by atoms with Gasteiger partial charge >= 0.3 is 0 Å². The minimum Gasteiger partial charge on any atom is -0.370 e. The van der Waals surface area contributed by atoms with Crippen molar-refractivity contribution in [1.29, 1.82) is 0 Å². The van der Waals surface area contributed by atoms with Crippen LogP contribution < -0.4 is 10.6 Å². The predicted octanol–water partition coefficient (Wildman–Crippen LogP) is 1.52. The molecule has 0 spiro atoms. The second-order valence-electron chi connectivity index (χ2n) is 3.44. The summed E-state index contributed by atoms with van der Waals surface area (Å²) in [5.74, 6) is 0. The second kappa shape index (κ2) is 2.49. The van der Waals surface area contributed by atoms with Gasteiger partial charge in [-0.1, -0.05) is 18.2 Å². The maximum atomic E-state index is 6.04. The van der Waals surface area contributed by atoms with Gasteiger partial charge in [0.05, 0.1) is 6.04 Å². The molecule has 2 rings (SSSR count). The van der Waals surface area contributed by atoms with Crippen LogP contribution in [0.15, 0.2) is 24.3 Å². The Bertz CT molecular complexity index is 267. The average molecular weight is 162 g/mol. The van der Waals surface area contributed by atoms with E-state index in [2.05, 4.69) is 37.1 Å². The summed E-state index contributed by atoms with van der Waals surface area (Å²) >= 11 is 0. The van der Waals surface area contributed by atoms with E-state index in [0.29, 0.717) is 6.04 Å². The molecule has 0 aromatic heterocycles. The van der Waals surface area contributed by atoms with Crippen LogP contribution in [0.4, 0.5) is 5.69 Å². The quantitative estimate of drug-likeness (QED) is 0.626. The lowest BCUT2D eigenvalue weighted by Crippen LogP contribution is -2.30. The van der Waals surface area contributed by atoms with Gasteiger partial charge in [-0.2, -0.15) is 0 Å². The van der Waals surface area contributed by atoms with Crippen molar-refractivity contribution in [2.24, 2.45) is 5.73 Å². The normalized spacial score (nSPS) is 27.4. The van der Waals surface area contributed by atoms with E-state index in [1.165, 1.54) is 11.3 Å². The molecule has 0 aliphatic carbocycles. The molecule has 0 saturated carbocycles. The molecule has 12 heavy (non-hydrogen) atoms. The SMILES string of the molecule is CC1C(N)c2ccccc2N1C. The second-order valence-corrected chi connectivity index (χ2v) is 3.44. The number of fused-ring (bicyclic) bond motifs is 1. The smallest absolute Gasteiger partial charge is 0.0519 e. The van der Waals surface area contributed by atoms with Crippen molar-refractivity contribution in [3.05, 3.63) is 29.8 Å². The van der Waals surface area contributed by atoms with E-state index in [4.69, 9.17) is 5.73 Å². The van der Waals surface area contributed by atoms with Crippen LogP contribution in [0.5, 0.6) is 0 Å². The molecule has 0 radical (unpaired) electrons. The van der Waals surface area contributed by atoms with E-state index in [1.54, 1.807) is 0 Å². The summed E-state index contributed by atoms with van der Waals surface area (Å²) in [6.45, 7) is 2.16. The fraction of sp³-hybridized carbons (Fsp3) is 0.400. The summed E-state index contributed by atoms with van der Waals surface area (Å²) in [7, 11) is 2.09. The molecule has 2 unspecified atom stereocenters. The molecule has 1 aromatic carbocycles. The van der Waals surface area contributed by atoms with Crippen LogP contribution in [-0.4, -0.2) is 13.1 Å². The average Bonchev–Trinajstić information content (AvgIpc) is 2.33. The first kappa shape index (κ1) is 7.62. The number of para-hydroxylation sites is 1. The molecule has 0 fully saturated rings. The van der Waals surface area contributed by atoms with Gasteiger partial charge in [-0.3, -0.25) is 0 Å². The van der Waals surface area contributed by atoms with E-state index in [1.807, 2.05) is 6.07 Å². The van der Waals surface area contributed by atoms with Crippen molar-refractivity contribution >= 4 is 5.69 Å². The molecule has 0 bridgehead atoms. The summed E-state index contributed by atoms with van der Waals surface area (Å²) in [5.41, 5.74) is 8.58. The molecule has 2 atom stereocenters. The maximum Gasteiger partial charge on any atom is 0.0519 e. The predicted molar refractivity (Wildman–Crippen MR) is 51.2 cm³/mol. The van der Waals surface area contributed by atoms with E-state index in [-0.39, 0.29) is 6.04 Å². The van der Waals surface area contributed by atoms with Crippen molar-refractivity contribution in [3.63, 3.8) is 0 Å². The largest absolute Gasteiger partial charge is 0.370 e. The zero-order chi connectivity index (χ0) is 8.72. The number of likely N-dealkylation sites (N-methyl/N-ethyl adjacent to an activating group) is 1. The number of hydrogen-bond acceptors (Lipinski definition) is 2. The Hall–Kier alpha value is -1.02. The molecule has 64 valence electrons. The molecule has 0 saturated heterocycles. The highest BCUT2D eigenvalue weighted by atomic mass is 15.2. The Morgan fingerprint density at radius 1 is 1.33 bits per heavy atom. The lowest BCUT2D eigenvalue weighted by molar-refractivity contribution is 0.604. The molecule has 0 amide bonds. The van der Waals surface area contributed by atoms with Gasteiger partial charge in [-0.25, -0.2) is 0 Å². The topological polar surface area (TPSA) is 29.3 Å². The van der Waals surface area contributed by atoms with Crippen molar-refractivity contribution in [2.45, 2.75) is 19.0 Å². The Morgan fingerprint density at radius 2 is 2.00 bits per heavy atom. The fourth-order valence-corrected chi connectivity index (χ4v) is 1.81. The van der Waals surface area contributed by atoms with Crippen LogP contribution in [0.2, 0.25) is 0 Å². The van der Waals surface area contributed by atoms with E-state index < -0.39 is 0 Å². The maximum absolute atomic E-state index is 6.04. The standard InChI is InChI=1S/C10H14N2/c1-7-10(11)8-5-3-4-6-9(8)12(7)2/h3-7,10H,11H2,1-2H3. The van der Waals surface area contributed by atoms with E-state index in [0.717, 1.165) is 0 Å². The van der Waals surface area contributed by atoms with Crippen LogP contribution >= 0.6 is 0 Å². The van der Waals surface area contributed by atoms with Crippen LogP contribution in [0.1, 0.15) is 18.5 Å². The van der Waals surface area contributed by atoms with Crippen molar-refractivity contribution in [1.82, 2.24) is 0 Å². The van der Waals surface area contributed by atoms with Gasteiger partial charge in [-0.15, -0.1) is 0 Å². The van der Waals surface area contributed by atoms with Gasteiger partial charge in [0.2, 0.25) is 0 Å². The summed E-state index contributed by atoms with van der Waals surface area (Å²) in [5, 5.41) is 0. The molecular weight excluding hydrogens is 148 g/mol. The third-order valence-electron chi connectivity index (χ3n) is 2.81. The Balaban J connectivity index is 2.52. The minimum absolute atomic E-state index is 0.172. The first-order valence-corrected chi connectivity index (χ1v) is 4.29. The van der Waals surface area contributed by atoms with Crippen LogP contribution in [0.3, 0.4) is 0 Å². The molecule has 1 heterocycles. The molecule has 2 nitrogen and oxygen atoms in total. The molecule has 1 aliphatic rings. The van der Waals surface area contributed by atoms with Crippen molar-refractivity contribution < 1.29 is 0 Å². The summed E-state index contributed by atoms with van der Waals surface area (Å²) in [6, 6.07) is 8.93. The highest BCUT2D eigenvalue weighted by Gasteiger charge is 2.29. The monoisotopic (exact) mass is 162 g/mol. The number of benzene rings is 1. The Kier molecular flexibility index (Phi) is 1.58. The van der Waals surface area contributed by atoms with Gasteiger partial charge in [0.1, 0.15) is 0 Å². The Labute approximate surface area is 73.0 Å². The lowest BCUT2D eigenvalue weighted by Gasteiger charge is -2.20. The summed E-state index contributed by atoms with van der Waals surface area (Å²) in [6.07, 6.45) is 0. The third-order valence-corrected chi connectivity index (χ3v) is 2.81.